The van der Waals surface area contributed by atoms with Crippen LogP contribution in [0.25, 0.3) is 0 Å². The van der Waals surface area contributed by atoms with Gasteiger partial charge in [0.1, 0.15) is 5.78 Å². The van der Waals surface area contributed by atoms with E-state index in [-0.39, 0.29) is 0 Å². The van der Waals surface area contributed by atoms with Crippen LogP contribution < -0.4 is 0 Å². The van der Waals surface area contributed by atoms with Gasteiger partial charge >= 0.3 is 0 Å². The van der Waals surface area contributed by atoms with E-state index in [1.807, 2.05) is 0 Å². The maximum Gasteiger partial charge on any atom is 0.140 e. The van der Waals surface area contributed by atoms with Crippen LogP contribution in [0.2, 0.25) is 0 Å². The van der Waals surface area contributed by atoms with Gasteiger partial charge in [0.05, 0.1) is 0 Å². The molecule has 0 heterocycles. The topological polar surface area (TPSA) is 17.1 Å². The highest BCUT2D eigenvalue weighted by Crippen LogP contribution is 2.86. The summed E-state index contributed by atoms with van der Waals surface area (Å²) in [5, 5.41) is 0. The SMILES string of the molecule is O=C1C2C3C4CC5C3C1C5C42. The first-order chi connectivity index (χ1) is 5.39. The quantitative estimate of drug-likeness (QED) is 0.497. The molecule has 0 amide bonds. The predicted octanol–water partition coefficient (Wildman–Crippen LogP) is 0.943. The largest absolute Gasteiger partial charge is 0.299 e. The molecule has 4 bridgehead atoms. The van der Waals surface area contributed by atoms with E-state index in [1.165, 1.54) is 6.42 Å². The van der Waals surface area contributed by atoms with E-state index in [2.05, 4.69) is 0 Å². The second-order valence-corrected chi connectivity index (χ2v) is 5.33. The van der Waals surface area contributed by atoms with Gasteiger partial charge < -0.3 is 0 Å². The van der Waals surface area contributed by atoms with E-state index < -0.39 is 0 Å². The fraction of sp³-hybridized carbons (Fsp3) is 0.900. The summed E-state index contributed by atoms with van der Waals surface area (Å²) in [7, 11) is 0. The third-order valence-corrected chi connectivity index (χ3v) is 5.73. The Morgan fingerprint density at radius 1 is 0.909 bits per heavy atom. The van der Waals surface area contributed by atoms with Gasteiger partial charge in [-0.25, -0.2) is 0 Å². The lowest BCUT2D eigenvalue weighted by Gasteiger charge is -2.58. The zero-order chi connectivity index (χ0) is 6.90. The van der Waals surface area contributed by atoms with Gasteiger partial charge in [-0.05, 0) is 41.9 Å². The maximum absolute atomic E-state index is 11.6. The fourth-order valence-corrected chi connectivity index (χ4v) is 5.82. The number of hydrogen-bond acceptors (Lipinski definition) is 1. The highest BCUT2D eigenvalue weighted by Gasteiger charge is 2.86. The Balaban J connectivity index is 1.91. The second-order valence-electron chi connectivity index (χ2n) is 5.33. The van der Waals surface area contributed by atoms with Crippen molar-refractivity contribution in [2.75, 3.05) is 0 Å². The molecule has 6 aliphatic carbocycles. The van der Waals surface area contributed by atoms with Crippen LogP contribution >= 0.6 is 0 Å². The van der Waals surface area contributed by atoms with Crippen LogP contribution in [0.3, 0.4) is 0 Å². The molecule has 1 heteroatoms. The lowest BCUT2D eigenvalue weighted by molar-refractivity contribution is -0.127. The summed E-state index contributed by atoms with van der Waals surface area (Å²) in [6.45, 7) is 0. The minimum absolute atomic E-state index is 0.610. The minimum atomic E-state index is 0.610. The van der Waals surface area contributed by atoms with Crippen molar-refractivity contribution in [3.63, 3.8) is 0 Å². The Labute approximate surface area is 65.2 Å². The molecule has 0 N–H and O–H groups in total. The van der Waals surface area contributed by atoms with Crippen molar-refractivity contribution in [2.24, 2.45) is 47.3 Å². The summed E-state index contributed by atoms with van der Waals surface area (Å²) >= 11 is 0. The molecule has 11 heavy (non-hydrogen) atoms. The van der Waals surface area contributed by atoms with Crippen LogP contribution in [-0.2, 0) is 4.79 Å². The Bertz CT molecular complexity index is 260. The molecule has 6 rings (SSSR count). The van der Waals surface area contributed by atoms with Gasteiger partial charge in [0, 0.05) is 11.8 Å². The molecule has 0 spiro atoms. The van der Waals surface area contributed by atoms with Gasteiger partial charge in [-0.3, -0.25) is 4.79 Å². The van der Waals surface area contributed by atoms with E-state index in [1.54, 1.807) is 0 Å². The number of ketones is 1. The first-order valence-electron chi connectivity index (χ1n) is 4.93. The first-order valence-corrected chi connectivity index (χ1v) is 4.93. The molecule has 56 valence electrons. The summed E-state index contributed by atoms with van der Waals surface area (Å²) in [5.74, 6) is 7.70. The first kappa shape index (κ1) is 4.64. The van der Waals surface area contributed by atoms with Crippen LogP contribution in [0.5, 0.6) is 0 Å². The van der Waals surface area contributed by atoms with Gasteiger partial charge in [-0.15, -0.1) is 0 Å². The van der Waals surface area contributed by atoms with E-state index >= 15 is 0 Å². The molecule has 0 aromatic carbocycles. The van der Waals surface area contributed by atoms with Crippen molar-refractivity contribution in [3.05, 3.63) is 0 Å². The van der Waals surface area contributed by atoms with E-state index in [4.69, 9.17) is 0 Å². The summed E-state index contributed by atoms with van der Waals surface area (Å²) in [6, 6.07) is 0. The molecule has 0 saturated heterocycles. The smallest absolute Gasteiger partial charge is 0.140 e. The third-order valence-electron chi connectivity index (χ3n) is 5.73. The standard InChI is InChI=1S/C10H10O/c11-10-8-4-2-1-3-6(4)9(10)7(3)5(2)8/h2-9H,1H2. The monoisotopic (exact) mass is 146 g/mol. The third kappa shape index (κ3) is 0.213. The predicted molar refractivity (Wildman–Crippen MR) is 37.5 cm³/mol. The van der Waals surface area contributed by atoms with Gasteiger partial charge in [-0.2, -0.15) is 0 Å². The minimum Gasteiger partial charge on any atom is -0.299 e. The van der Waals surface area contributed by atoms with Crippen LogP contribution in [0, 0.1) is 47.3 Å². The Hall–Kier alpha value is -0.330. The summed E-state index contributed by atoms with van der Waals surface area (Å²) in [4.78, 5) is 11.6. The zero-order valence-electron chi connectivity index (χ0n) is 6.23. The highest BCUT2D eigenvalue weighted by atomic mass is 16.1. The lowest BCUT2D eigenvalue weighted by Crippen LogP contribution is -2.56. The second kappa shape index (κ2) is 0.949. The normalized spacial score (nSPS) is 84.2. The summed E-state index contributed by atoms with van der Waals surface area (Å²) < 4.78 is 0. The van der Waals surface area contributed by atoms with Crippen molar-refractivity contribution in [2.45, 2.75) is 6.42 Å². The van der Waals surface area contributed by atoms with E-state index in [9.17, 15) is 4.79 Å². The van der Waals surface area contributed by atoms with E-state index in [0.29, 0.717) is 17.6 Å². The Kier molecular flexibility index (Phi) is 0.400. The van der Waals surface area contributed by atoms with E-state index in [0.717, 1.165) is 35.5 Å². The van der Waals surface area contributed by atoms with Crippen molar-refractivity contribution in [1.82, 2.24) is 0 Å². The molecule has 6 fully saturated rings. The molecule has 6 saturated carbocycles. The summed E-state index contributed by atoms with van der Waals surface area (Å²) in [6.07, 6.45) is 1.52. The number of rotatable bonds is 0. The molecule has 1 nitrogen and oxygen atoms in total. The van der Waals surface area contributed by atoms with Crippen molar-refractivity contribution >= 4 is 5.78 Å². The van der Waals surface area contributed by atoms with Crippen molar-refractivity contribution in [1.29, 1.82) is 0 Å². The molecule has 0 aromatic heterocycles. The van der Waals surface area contributed by atoms with Crippen LogP contribution in [0.1, 0.15) is 6.42 Å². The van der Waals surface area contributed by atoms with Crippen LogP contribution in [0.4, 0.5) is 0 Å². The van der Waals surface area contributed by atoms with Crippen molar-refractivity contribution in [3.8, 4) is 0 Å². The molecule has 0 aliphatic heterocycles. The lowest BCUT2D eigenvalue weighted by atomic mass is 9.45. The summed E-state index contributed by atoms with van der Waals surface area (Å²) in [5.41, 5.74) is 0. The number of Topliss-reactive ketones (excluding diaryl/α,β-unsaturated/α-hetero) is 1. The molecule has 0 radical (unpaired) electrons. The Morgan fingerprint density at radius 2 is 1.36 bits per heavy atom. The fourth-order valence-electron chi connectivity index (χ4n) is 5.82. The van der Waals surface area contributed by atoms with Gasteiger partial charge in [0.25, 0.3) is 0 Å². The van der Waals surface area contributed by atoms with Crippen molar-refractivity contribution < 1.29 is 4.79 Å². The van der Waals surface area contributed by atoms with Crippen LogP contribution in [-0.4, -0.2) is 5.78 Å². The van der Waals surface area contributed by atoms with Gasteiger partial charge in [-0.1, -0.05) is 0 Å². The van der Waals surface area contributed by atoms with Gasteiger partial charge in [0.15, 0.2) is 0 Å². The number of carbonyl (C=O) groups is 1. The highest BCUT2D eigenvalue weighted by molar-refractivity contribution is 5.93. The van der Waals surface area contributed by atoms with Crippen LogP contribution in [0.15, 0.2) is 0 Å². The Morgan fingerprint density at radius 3 is 1.82 bits per heavy atom. The number of hydrogen-bond donors (Lipinski definition) is 0. The molecule has 4 unspecified atom stereocenters. The molecule has 4 atom stereocenters. The number of carbonyl (C=O) groups excluding carboxylic acids is 1. The zero-order valence-corrected chi connectivity index (χ0v) is 6.23. The average molecular weight is 146 g/mol. The average Bonchev–Trinajstić information content (AvgIpc) is 2.46. The van der Waals surface area contributed by atoms with Gasteiger partial charge in [0.2, 0.25) is 0 Å². The molecular weight excluding hydrogens is 136 g/mol. The molecule has 6 aliphatic rings. The maximum atomic E-state index is 11.6. The molecule has 0 aromatic rings. The molecular formula is C10H10O.